The molecule has 1 fully saturated rings. The van der Waals surface area contributed by atoms with Gasteiger partial charge < -0.3 is 9.84 Å². The van der Waals surface area contributed by atoms with Gasteiger partial charge in [-0.3, -0.25) is 9.69 Å². The van der Waals surface area contributed by atoms with E-state index in [0.29, 0.717) is 11.7 Å². The van der Waals surface area contributed by atoms with E-state index in [4.69, 9.17) is 16.1 Å². The molecular weight excluding hydrogens is 388 g/mol. The molecule has 0 aliphatic carbocycles. The Hall–Kier alpha value is -2.70. The van der Waals surface area contributed by atoms with Crippen molar-refractivity contribution in [2.75, 3.05) is 13.1 Å². The van der Waals surface area contributed by atoms with Gasteiger partial charge in [-0.1, -0.05) is 59.2 Å². The number of piperidine rings is 1. The summed E-state index contributed by atoms with van der Waals surface area (Å²) in [5.74, 6) is 1.02. The molecule has 3 aromatic rings. The lowest BCUT2D eigenvalue weighted by atomic mass is 9.95. The van der Waals surface area contributed by atoms with Gasteiger partial charge in [0.25, 0.3) is 0 Å². The van der Waals surface area contributed by atoms with E-state index in [1.165, 1.54) is 5.56 Å². The van der Waals surface area contributed by atoms with E-state index >= 15 is 0 Å². The average Bonchev–Trinajstić information content (AvgIpc) is 3.24. The highest BCUT2D eigenvalue weighted by molar-refractivity contribution is 6.30. The summed E-state index contributed by atoms with van der Waals surface area (Å²) in [4.78, 5) is 19.2. The molecule has 0 radical (unpaired) electrons. The minimum atomic E-state index is 0.0213. The van der Waals surface area contributed by atoms with Gasteiger partial charge in [0.1, 0.15) is 0 Å². The number of nitrogens with zero attached hydrogens (tertiary/aromatic N) is 3. The number of aromatic nitrogens is 2. The van der Waals surface area contributed by atoms with Crippen molar-refractivity contribution in [3.63, 3.8) is 0 Å². The van der Waals surface area contributed by atoms with Gasteiger partial charge in [0.15, 0.2) is 0 Å². The zero-order valence-corrected chi connectivity index (χ0v) is 16.8. The number of carbonyl (C=O) groups excluding carboxylic acids is 1. The standard InChI is InChI=1S/C22H23ClN4O2/c23-19-8-6-16(7-9-19)15-27-12-10-18(11-13-27)22(28)24-14-20-25-21(26-29-20)17-4-2-1-3-5-17/h1-9,18H,10-15H2,(H,24,28). The van der Waals surface area contributed by atoms with Crippen molar-refractivity contribution in [3.05, 3.63) is 71.1 Å². The fraction of sp³-hybridized carbons (Fsp3) is 0.318. The number of rotatable bonds is 6. The number of nitrogens with one attached hydrogen (secondary N) is 1. The maximum absolute atomic E-state index is 12.5. The SMILES string of the molecule is O=C(NCc1nc(-c2ccccc2)no1)C1CCN(Cc2ccc(Cl)cc2)CC1. The van der Waals surface area contributed by atoms with E-state index in [0.717, 1.165) is 43.1 Å². The molecular formula is C22H23ClN4O2. The van der Waals surface area contributed by atoms with Crippen LogP contribution in [0.15, 0.2) is 59.1 Å². The molecule has 150 valence electrons. The zero-order chi connectivity index (χ0) is 20.1. The number of hydrogen-bond acceptors (Lipinski definition) is 5. The van der Waals surface area contributed by atoms with Gasteiger partial charge in [0.2, 0.25) is 17.6 Å². The molecule has 4 rings (SSSR count). The Labute approximate surface area is 174 Å². The first-order valence-corrected chi connectivity index (χ1v) is 10.2. The predicted molar refractivity (Wildman–Crippen MR) is 111 cm³/mol. The summed E-state index contributed by atoms with van der Waals surface area (Å²) in [6.45, 7) is 2.94. The maximum Gasteiger partial charge on any atom is 0.246 e. The molecule has 0 atom stereocenters. The van der Waals surface area contributed by atoms with Crippen LogP contribution in [0.1, 0.15) is 24.3 Å². The first kappa shape index (κ1) is 19.6. The van der Waals surface area contributed by atoms with Crippen LogP contribution in [0, 0.1) is 5.92 Å². The largest absolute Gasteiger partial charge is 0.347 e. The Morgan fingerprint density at radius 1 is 1.10 bits per heavy atom. The van der Waals surface area contributed by atoms with Crippen molar-refractivity contribution < 1.29 is 9.32 Å². The summed E-state index contributed by atoms with van der Waals surface area (Å²) in [6.07, 6.45) is 1.69. The molecule has 1 N–H and O–H groups in total. The first-order chi connectivity index (χ1) is 14.2. The lowest BCUT2D eigenvalue weighted by Crippen LogP contribution is -2.40. The summed E-state index contributed by atoms with van der Waals surface area (Å²) < 4.78 is 5.26. The van der Waals surface area contributed by atoms with Crippen molar-refractivity contribution in [2.45, 2.75) is 25.9 Å². The highest BCUT2D eigenvalue weighted by atomic mass is 35.5. The Balaban J connectivity index is 1.23. The van der Waals surface area contributed by atoms with Gasteiger partial charge in [-0.05, 0) is 43.6 Å². The van der Waals surface area contributed by atoms with Gasteiger partial charge in [-0.25, -0.2) is 0 Å². The fourth-order valence-corrected chi connectivity index (χ4v) is 3.67. The van der Waals surface area contributed by atoms with Crippen LogP contribution in [-0.2, 0) is 17.9 Å². The Morgan fingerprint density at radius 2 is 1.83 bits per heavy atom. The normalized spacial score (nSPS) is 15.3. The molecule has 0 spiro atoms. The third kappa shape index (κ3) is 5.22. The van der Waals surface area contributed by atoms with Gasteiger partial charge >= 0.3 is 0 Å². The number of hydrogen-bond donors (Lipinski definition) is 1. The van der Waals surface area contributed by atoms with Gasteiger partial charge in [-0.15, -0.1) is 0 Å². The van der Waals surface area contributed by atoms with Crippen LogP contribution in [0.2, 0.25) is 5.02 Å². The zero-order valence-electron chi connectivity index (χ0n) is 16.1. The van der Waals surface area contributed by atoms with E-state index < -0.39 is 0 Å². The van der Waals surface area contributed by atoms with E-state index in [1.54, 1.807) is 0 Å². The second-order valence-corrected chi connectivity index (χ2v) is 7.71. The van der Waals surface area contributed by atoms with Crippen LogP contribution in [0.3, 0.4) is 0 Å². The molecule has 0 saturated carbocycles. The quantitative estimate of drug-likeness (QED) is 0.666. The van der Waals surface area contributed by atoms with Crippen molar-refractivity contribution >= 4 is 17.5 Å². The molecule has 6 nitrogen and oxygen atoms in total. The van der Waals surface area contributed by atoms with Crippen LogP contribution >= 0.6 is 11.6 Å². The molecule has 1 aliphatic rings. The lowest BCUT2D eigenvalue weighted by molar-refractivity contribution is -0.126. The lowest BCUT2D eigenvalue weighted by Gasteiger charge is -2.31. The Morgan fingerprint density at radius 3 is 2.55 bits per heavy atom. The highest BCUT2D eigenvalue weighted by Gasteiger charge is 2.25. The molecule has 0 unspecified atom stereocenters. The van der Waals surface area contributed by atoms with Crippen molar-refractivity contribution in [2.24, 2.45) is 5.92 Å². The number of benzene rings is 2. The van der Waals surface area contributed by atoms with E-state index in [2.05, 4.69) is 32.5 Å². The van der Waals surface area contributed by atoms with Crippen LogP contribution in [0.4, 0.5) is 0 Å². The fourth-order valence-electron chi connectivity index (χ4n) is 3.54. The summed E-state index contributed by atoms with van der Waals surface area (Å²) in [5.41, 5.74) is 2.13. The summed E-state index contributed by atoms with van der Waals surface area (Å²) in [7, 11) is 0. The number of carbonyl (C=O) groups is 1. The van der Waals surface area contributed by atoms with E-state index in [1.807, 2.05) is 42.5 Å². The van der Waals surface area contributed by atoms with Gasteiger partial charge in [0, 0.05) is 23.0 Å². The summed E-state index contributed by atoms with van der Waals surface area (Å²) >= 11 is 5.94. The minimum Gasteiger partial charge on any atom is -0.347 e. The average molecular weight is 411 g/mol. The second-order valence-electron chi connectivity index (χ2n) is 7.27. The third-order valence-corrected chi connectivity index (χ3v) is 5.44. The van der Waals surface area contributed by atoms with Crippen molar-refractivity contribution in [1.82, 2.24) is 20.4 Å². The van der Waals surface area contributed by atoms with Gasteiger partial charge in [0.05, 0.1) is 6.54 Å². The van der Waals surface area contributed by atoms with E-state index in [-0.39, 0.29) is 18.4 Å². The smallest absolute Gasteiger partial charge is 0.246 e. The molecule has 0 bridgehead atoms. The van der Waals surface area contributed by atoms with Crippen molar-refractivity contribution in [3.8, 4) is 11.4 Å². The summed E-state index contributed by atoms with van der Waals surface area (Å²) in [5, 5.41) is 7.67. The number of amides is 1. The van der Waals surface area contributed by atoms with Crippen LogP contribution in [0.25, 0.3) is 11.4 Å². The molecule has 2 heterocycles. The van der Waals surface area contributed by atoms with Crippen LogP contribution in [0.5, 0.6) is 0 Å². The maximum atomic E-state index is 12.5. The molecule has 1 aromatic heterocycles. The predicted octanol–water partition coefficient (Wildman–Crippen LogP) is 3.92. The van der Waals surface area contributed by atoms with Crippen LogP contribution in [-0.4, -0.2) is 34.0 Å². The second kappa shape index (κ2) is 9.20. The number of likely N-dealkylation sites (tertiary alicyclic amines) is 1. The first-order valence-electron chi connectivity index (χ1n) is 9.80. The van der Waals surface area contributed by atoms with Crippen LogP contribution < -0.4 is 5.32 Å². The van der Waals surface area contributed by atoms with E-state index in [9.17, 15) is 4.79 Å². The molecule has 2 aromatic carbocycles. The topological polar surface area (TPSA) is 71.3 Å². The molecule has 1 saturated heterocycles. The third-order valence-electron chi connectivity index (χ3n) is 5.19. The minimum absolute atomic E-state index is 0.0213. The Bertz CT molecular complexity index is 935. The Kier molecular flexibility index (Phi) is 6.22. The molecule has 1 aliphatic heterocycles. The highest BCUT2D eigenvalue weighted by Crippen LogP contribution is 2.20. The van der Waals surface area contributed by atoms with Gasteiger partial charge in [-0.2, -0.15) is 4.98 Å². The summed E-state index contributed by atoms with van der Waals surface area (Å²) in [6, 6.07) is 17.6. The number of halogens is 1. The molecule has 1 amide bonds. The van der Waals surface area contributed by atoms with Crippen molar-refractivity contribution in [1.29, 1.82) is 0 Å². The monoisotopic (exact) mass is 410 g/mol. The molecule has 7 heteroatoms. The molecule has 29 heavy (non-hydrogen) atoms.